The summed E-state index contributed by atoms with van der Waals surface area (Å²) in [5, 5.41) is 20.4. The van der Waals surface area contributed by atoms with Crippen LogP contribution in [0.15, 0.2) is 42.5 Å². The zero-order valence-corrected chi connectivity index (χ0v) is 13.0. The van der Waals surface area contributed by atoms with Crippen molar-refractivity contribution in [3.8, 4) is 0 Å². The molecule has 126 valence electrons. The van der Waals surface area contributed by atoms with E-state index in [1.807, 2.05) is 0 Å². The number of non-ortho nitro benzene ring substituents is 1. The van der Waals surface area contributed by atoms with Gasteiger partial charge < -0.3 is 10.1 Å². The summed E-state index contributed by atoms with van der Waals surface area (Å²) in [4.78, 5) is 34.1. The zero-order chi connectivity index (χ0) is 18.0. The highest BCUT2D eigenvalue weighted by atomic mass is 16.6. The Balaban J connectivity index is 1.86. The molecule has 1 amide bonds. The first-order valence-corrected chi connectivity index (χ1v) is 7.12. The van der Waals surface area contributed by atoms with Gasteiger partial charge in [0.05, 0.1) is 23.1 Å². The van der Waals surface area contributed by atoms with Crippen molar-refractivity contribution in [2.75, 3.05) is 12.4 Å². The average molecular weight is 340 g/mol. The third kappa shape index (κ3) is 3.15. The van der Waals surface area contributed by atoms with Crippen LogP contribution in [0.25, 0.3) is 10.9 Å². The minimum absolute atomic E-state index is 0.0377. The second-order valence-electron chi connectivity index (χ2n) is 5.08. The van der Waals surface area contributed by atoms with Crippen LogP contribution in [-0.2, 0) is 4.74 Å². The van der Waals surface area contributed by atoms with Crippen molar-refractivity contribution in [1.29, 1.82) is 0 Å². The van der Waals surface area contributed by atoms with E-state index in [9.17, 15) is 19.7 Å². The standard InChI is InChI=1S/C16H12N4O5/c1-25-16(22)9-2-4-10(5-3-9)17-15(21)14-12-8-11(20(23)24)6-7-13(12)18-19-14/h2-8H,1H3,(H,17,21)(H,18,19). The molecule has 0 aliphatic rings. The van der Waals surface area contributed by atoms with Crippen LogP contribution < -0.4 is 5.32 Å². The summed E-state index contributed by atoms with van der Waals surface area (Å²) in [6.45, 7) is 0. The number of amides is 1. The number of hydrogen-bond donors (Lipinski definition) is 2. The Morgan fingerprint density at radius 3 is 2.56 bits per heavy atom. The Bertz CT molecular complexity index is 978. The van der Waals surface area contributed by atoms with Gasteiger partial charge in [0.2, 0.25) is 0 Å². The molecule has 3 rings (SSSR count). The monoisotopic (exact) mass is 340 g/mol. The van der Waals surface area contributed by atoms with E-state index in [1.54, 1.807) is 12.1 Å². The number of nitrogens with zero attached hydrogens (tertiary/aromatic N) is 2. The summed E-state index contributed by atoms with van der Waals surface area (Å²) in [5.74, 6) is -1.01. The van der Waals surface area contributed by atoms with E-state index in [0.29, 0.717) is 22.2 Å². The van der Waals surface area contributed by atoms with E-state index < -0.39 is 16.8 Å². The molecule has 0 saturated carbocycles. The lowest BCUT2D eigenvalue weighted by Gasteiger charge is -2.05. The van der Waals surface area contributed by atoms with Crippen LogP contribution in [0.3, 0.4) is 0 Å². The van der Waals surface area contributed by atoms with Gasteiger partial charge in [-0.3, -0.25) is 20.0 Å². The molecule has 0 saturated heterocycles. The van der Waals surface area contributed by atoms with Gasteiger partial charge in [-0.15, -0.1) is 0 Å². The Morgan fingerprint density at radius 1 is 1.20 bits per heavy atom. The molecule has 0 fully saturated rings. The number of rotatable bonds is 4. The molecule has 1 heterocycles. The van der Waals surface area contributed by atoms with Gasteiger partial charge in [-0.2, -0.15) is 5.10 Å². The molecule has 0 bridgehead atoms. The Hall–Kier alpha value is -3.75. The maximum Gasteiger partial charge on any atom is 0.337 e. The van der Waals surface area contributed by atoms with Crippen molar-refractivity contribution >= 4 is 34.2 Å². The van der Waals surface area contributed by atoms with Gasteiger partial charge >= 0.3 is 5.97 Å². The lowest BCUT2D eigenvalue weighted by Crippen LogP contribution is -2.13. The first-order chi connectivity index (χ1) is 12.0. The number of aromatic amines is 1. The molecule has 9 heteroatoms. The summed E-state index contributed by atoms with van der Waals surface area (Å²) in [5.41, 5.74) is 1.21. The molecular weight excluding hydrogens is 328 g/mol. The van der Waals surface area contributed by atoms with E-state index in [-0.39, 0.29) is 11.4 Å². The van der Waals surface area contributed by atoms with Crippen molar-refractivity contribution in [3.63, 3.8) is 0 Å². The van der Waals surface area contributed by atoms with E-state index in [2.05, 4.69) is 20.3 Å². The number of nitro groups is 1. The molecule has 0 unspecified atom stereocenters. The SMILES string of the molecule is COC(=O)c1ccc(NC(=O)c2n[nH]c3ccc([N+](=O)[O-])cc23)cc1. The highest BCUT2D eigenvalue weighted by Crippen LogP contribution is 2.23. The second kappa shape index (κ2) is 6.40. The fourth-order valence-corrected chi connectivity index (χ4v) is 2.29. The first kappa shape index (κ1) is 16.1. The van der Waals surface area contributed by atoms with Crippen molar-refractivity contribution in [1.82, 2.24) is 10.2 Å². The van der Waals surface area contributed by atoms with Crippen LogP contribution in [0.5, 0.6) is 0 Å². The summed E-state index contributed by atoms with van der Waals surface area (Å²) >= 11 is 0. The maximum atomic E-state index is 12.4. The predicted octanol–water partition coefficient (Wildman–Crippen LogP) is 2.51. The van der Waals surface area contributed by atoms with Crippen LogP contribution in [0.1, 0.15) is 20.8 Å². The van der Waals surface area contributed by atoms with Gasteiger partial charge in [0.15, 0.2) is 5.69 Å². The molecule has 2 N–H and O–H groups in total. The first-order valence-electron chi connectivity index (χ1n) is 7.12. The lowest BCUT2D eigenvalue weighted by molar-refractivity contribution is -0.384. The molecule has 3 aromatic rings. The number of nitro benzene ring substituents is 1. The van der Waals surface area contributed by atoms with Crippen LogP contribution in [0.2, 0.25) is 0 Å². The number of aromatic nitrogens is 2. The van der Waals surface area contributed by atoms with Crippen molar-refractivity contribution in [3.05, 3.63) is 63.8 Å². The number of ether oxygens (including phenoxy) is 1. The number of esters is 1. The molecule has 0 aliphatic heterocycles. The van der Waals surface area contributed by atoms with Crippen LogP contribution in [-0.4, -0.2) is 34.1 Å². The molecule has 9 nitrogen and oxygen atoms in total. The number of hydrogen-bond acceptors (Lipinski definition) is 6. The largest absolute Gasteiger partial charge is 0.465 e. The third-order valence-corrected chi connectivity index (χ3v) is 3.54. The number of nitrogens with one attached hydrogen (secondary N) is 2. The summed E-state index contributed by atoms with van der Waals surface area (Å²) in [7, 11) is 1.28. The number of benzene rings is 2. The van der Waals surface area contributed by atoms with Crippen molar-refractivity contribution in [2.45, 2.75) is 0 Å². The minimum atomic E-state index is -0.542. The van der Waals surface area contributed by atoms with E-state index in [0.717, 1.165) is 0 Å². The molecule has 1 aromatic heterocycles. The van der Waals surface area contributed by atoms with Gasteiger partial charge in [-0.1, -0.05) is 0 Å². The highest BCUT2D eigenvalue weighted by Gasteiger charge is 2.17. The molecule has 0 spiro atoms. The zero-order valence-electron chi connectivity index (χ0n) is 13.0. The van der Waals surface area contributed by atoms with Gasteiger partial charge in [-0.25, -0.2) is 4.79 Å². The normalized spacial score (nSPS) is 10.4. The van der Waals surface area contributed by atoms with E-state index >= 15 is 0 Å². The van der Waals surface area contributed by atoms with E-state index in [1.165, 1.54) is 37.4 Å². The van der Waals surface area contributed by atoms with Gasteiger partial charge in [0.25, 0.3) is 11.6 Å². The van der Waals surface area contributed by atoms with Gasteiger partial charge in [-0.05, 0) is 30.3 Å². The van der Waals surface area contributed by atoms with Crippen molar-refractivity contribution in [2.24, 2.45) is 0 Å². The third-order valence-electron chi connectivity index (χ3n) is 3.54. The molecule has 0 radical (unpaired) electrons. The fourth-order valence-electron chi connectivity index (χ4n) is 2.29. The Morgan fingerprint density at radius 2 is 1.92 bits per heavy atom. The average Bonchev–Trinajstić information content (AvgIpc) is 3.04. The Kier molecular flexibility index (Phi) is 4.12. The molecular formula is C16H12N4O5. The second-order valence-corrected chi connectivity index (χ2v) is 5.08. The van der Waals surface area contributed by atoms with Gasteiger partial charge in [0.1, 0.15) is 0 Å². The quantitative estimate of drug-likeness (QED) is 0.427. The fraction of sp³-hybridized carbons (Fsp3) is 0.0625. The Labute approximate surface area is 140 Å². The maximum absolute atomic E-state index is 12.4. The van der Waals surface area contributed by atoms with Crippen LogP contribution in [0, 0.1) is 10.1 Å². The molecule has 0 atom stereocenters. The number of carbonyl (C=O) groups excluding carboxylic acids is 2. The molecule has 25 heavy (non-hydrogen) atoms. The summed E-state index contributed by atoms with van der Waals surface area (Å²) in [6, 6.07) is 10.2. The van der Waals surface area contributed by atoms with Crippen molar-refractivity contribution < 1.29 is 19.2 Å². The van der Waals surface area contributed by atoms with Gasteiger partial charge in [0, 0.05) is 23.2 Å². The summed E-state index contributed by atoms with van der Waals surface area (Å²) < 4.78 is 4.60. The number of fused-ring (bicyclic) bond motifs is 1. The molecule has 0 aliphatic carbocycles. The predicted molar refractivity (Wildman–Crippen MR) is 88.5 cm³/mol. The minimum Gasteiger partial charge on any atom is -0.465 e. The summed E-state index contributed by atoms with van der Waals surface area (Å²) in [6.07, 6.45) is 0. The highest BCUT2D eigenvalue weighted by molar-refractivity contribution is 6.11. The topological polar surface area (TPSA) is 127 Å². The van der Waals surface area contributed by atoms with Crippen LogP contribution >= 0.6 is 0 Å². The lowest BCUT2D eigenvalue weighted by atomic mass is 10.1. The molecule has 2 aromatic carbocycles. The number of H-pyrrole nitrogens is 1. The van der Waals surface area contributed by atoms with E-state index in [4.69, 9.17) is 0 Å². The van der Waals surface area contributed by atoms with Crippen LogP contribution in [0.4, 0.5) is 11.4 Å². The number of carbonyl (C=O) groups is 2. The number of anilines is 1. The smallest absolute Gasteiger partial charge is 0.337 e. The number of methoxy groups -OCH3 is 1.